The van der Waals surface area contributed by atoms with Gasteiger partial charge >= 0.3 is 0 Å². The molecular weight excluding hydrogens is 229 g/mol. The van der Waals surface area contributed by atoms with Gasteiger partial charge in [0.2, 0.25) is 0 Å². The second-order valence-electron chi connectivity index (χ2n) is 2.17. The van der Waals surface area contributed by atoms with Gasteiger partial charge in [0.15, 0.2) is 0 Å². The third-order valence-corrected chi connectivity index (χ3v) is 2.55. The molecule has 0 aromatic carbocycles. The summed E-state index contributed by atoms with van der Waals surface area (Å²) in [6.45, 7) is 2.48. The minimum atomic E-state index is 0. The van der Waals surface area contributed by atoms with E-state index in [0.717, 1.165) is 15.9 Å². The van der Waals surface area contributed by atoms with Crippen molar-refractivity contribution in [3.63, 3.8) is 0 Å². The lowest BCUT2D eigenvalue weighted by Gasteiger charge is -1.89. The molecular formula is C6H11BrClN3. The second kappa shape index (κ2) is 4.09. The van der Waals surface area contributed by atoms with Gasteiger partial charge in [-0.1, -0.05) is 0 Å². The summed E-state index contributed by atoms with van der Waals surface area (Å²) in [6, 6.07) is 0. The number of nitrogens with zero attached hydrogens (tertiary/aromatic N) is 2. The molecule has 0 saturated carbocycles. The Balaban J connectivity index is 0.000001000. The lowest BCUT2D eigenvalue weighted by molar-refractivity contribution is 0.720. The summed E-state index contributed by atoms with van der Waals surface area (Å²) in [5, 5.41) is 4.17. The summed E-state index contributed by atoms with van der Waals surface area (Å²) < 4.78 is 2.84. The van der Waals surface area contributed by atoms with Crippen molar-refractivity contribution in [1.29, 1.82) is 0 Å². The predicted octanol–water partition coefficient (Wildman–Crippen LogP) is 1.37. The Bertz CT molecular complexity index is 246. The van der Waals surface area contributed by atoms with Crippen LogP contribution in [0.3, 0.4) is 0 Å². The number of hydrogen-bond acceptors (Lipinski definition) is 2. The molecule has 0 atom stereocenters. The van der Waals surface area contributed by atoms with Gasteiger partial charge in [0.25, 0.3) is 0 Å². The van der Waals surface area contributed by atoms with Gasteiger partial charge in [-0.05, 0) is 22.9 Å². The fourth-order valence-electron chi connectivity index (χ4n) is 0.781. The summed E-state index contributed by atoms with van der Waals surface area (Å²) in [6.07, 6.45) is 0. The molecule has 3 nitrogen and oxygen atoms in total. The highest BCUT2D eigenvalue weighted by atomic mass is 79.9. The molecule has 1 aromatic rings. The molecule has 0 saturated heterocycles. The summed E-state index contributed by atoms with van der Waals surface area (Å²) >= 11 is 3.40. The van der Waals surface area contributed by atoms with Gasteiger partial charge in [0, 0.05) is 19.3 Å². The minimum absolute atomic E-state index is 0. The SMILES string of the molecule is Cc1c(Br)c(CN)nn1C.Cl. The maximum Gasteiger partial charge on any atom is 0.0904 e. The topological polar surface area (TPSA) is 43.8 Å². The van der Waals surface area contributed by atoms with Gasteiger partial charge in [-0.15, -0.1) is 12.4 Å². The number of nitrogens with two attached hydrogens (primary N) is 1. The van der Waals surface area contributed by atoms with Crippen LogP contribution in [0.25, 0.3) is 0 Å². The number of hydrogen-bond donors (Lipinski definition) is 1. The van der Waals surface area contributed by atoms with Gasteiger partial charge in [-0.2, -0.15) is 5.10 Å². The van der Waals surface area contributed by atoms with E-state index in [1.165, 1.54) is 0 Å². The molecule has 1 aromatic heterocycles. The van der Waals surface area contributed by atoms with Crippen LogP contribution in [0.15, 0.2) is 4.47 Å². The van der Waals surface area contributed by atoms with Crippen molar-refractivity contribution in [2.75, 3.05) is 0 Å². The number of aromatic nitrogens is 2. The molecule has 1 rings (SSSR count). The number of halogens is 2. The van der Waals surface area contributed by atoms with Crippen LogP contribution >= 0.6 is 28.3 Å². The zero-order valence-electron chi connectivity index (χ0n) is 6.47. The van der Waals surface area contributed by atoms with E-state index in [9.17, 15) is 0 Å². The normalized spacial score (nSPS) is 9.45. The minimum Gasteiger partial charge on any atom is -0.325 e. The molecule has 0 aliphatic heterocycles. The molecule has 0 bridgehead atoms. The molecule has 0 fully saturated rings. The van der Waals surface area contributed by atoms with Gasteiger partial charge < -0.3 is 5.73 Å². The standard InChI is InChI=1S/C6H10BrN3.ClH/c1-4-6(7)5(3-8)9-10(4)2;/h3,8H2,1-2H3;1H. The lowest BCUT2D eigenvalue weighted by Crippen LogP contribution is -1.99. The van der Waals surface area contributed by atoms with Crippen LogP contribution in [0.2, 0.25) is 0 Å². The average molecular weight is 241 g/mol. The van der Waals surface area contributed by atoms with E-state index in [-0.39, 0.29) is 12.4 Å². The van der Waals surface area contributed by atoms with Crippen molar-refractivity contribution in [2.24, 2.45) is 12.8 Å². The Morgan fingerprint density at radius 3 is 2.36 bits per heavy atom. The molecule has 11 heavy (non-hydrogen) atoms. The van der Waals surface area contributed by atoms with Crippen LogP contribution in [0.4, 0.5) is 0 Å². The molecule has 0 spiro atoms. The predicted molar refractivity (Wildman–Crippen MR) is 50.8 cm³/mol. The largest absolute Gasteiger partial charge is 0.325 e. The highest BCUT2D eigenvalue weighted by Crippen LogP contribution is 2.18. The molecule has 0 aliphatic rings. The van der Waals surface area contributed by atoms with E-state index < -0.39 is 0 Å². The monoisotopic (exact) mass is 239 g/mol. The smallest absolute Gasteiger partial charge is 0.0904 e. The molecule has 64 valence electrons. The first-order valence-corrected chi connectivity index (χ1v) is 3.84. The summed E-state index contributed by atoms with van der Waals surface area (Å²) in [7, 11) is 1.90. The van der Waals surface area contributed by atoms with Crippen molar-refractivity contribution in [1.82, 2.24) is 9.78 Å². The summed E-state index contributed by atoms with van der Waals surface area (Å²) in [5.41, 5.74) is 7.46. The molecule has 0 aliphatic carbocycles. The van der Waals surface area contributed by atoms with E-state index in [1.807, 2.05) is 18.7 Å². The first-order chi connectivity index (χ1) is 4.66. The van der Waals surface area contributed by atoms with Gasteiger partial charge in [-0.3, -0.25) is 4.68 Å². The van der Waals surface area contributed by atoms with Crippen molar-refractivity contribution < 1.29 is 0 Å². The fraction of sp³-hybridized carbons (Fsp3) is 0.500. The van der Waals surface area contributed by atoms with Crippen molar-refractivity contribution in [3.8, 4) is 0 Å². The lowest BCUT2D eigenvalue weighted by atomic mass is 10.4. The zero-order chi connectivity index (χ0) is 7.72. The van der Waals surface area contributed by atoms with Crippen molar-refractivity contribution in [2.45, 2.75) is 13.5 Å². The van der Waals surface area contributed by atoms with Crippen molar-refractivity contribution >= 4 is 28.3 Å². The van der Waals surface area contributed by atoms with E-state index in [4.69, 9.17) is 5.73 Å². The quantitative estimate of drug-likeness (QED) is 0.806. The molecule has 5 heteroatoms. The van der Waals surface area contributed by atoms with Gasteiger partial charge in [-0.25, -0.2) is 0 Å². The Morgan fingerprint density at radius 1 is 1.64 bits per heavy atom. The zero-order valence-corrected chi connectivity index (χ0v) is 8.87. The summed E-state index contributed by atoms with van der Waals surface area (Å²) in [4.78, 5) is 0. The van der Waals surface area contributed by atoms with Crippen LogP contribution in [0, 0.1) is 6.92 Å². The van der Waals surface area contributed by atoms with Crippen LogP contribution in [0.5, 0.6) is 0 Å². The average Bonchev–Trinajstić information content (AvgIpc) is 2.17. The van der Waals surface area contributed by atoms with Gasteiger partial charge in [0.1, 0.15) is 0 Å². The van der Waals surface area contributed by atoms with Gasteiger partial charge in [0.05, 0.1) is 10.2 Å². The van der Waals surface area contributed by atoms with Crippen LogP contribution in [-0.4, -0.2) is 9.78 Å². The number of rotatable bonds is 1. The fourth-order valence-corrected chi connectivity index (χ4v) is 1.28. The van der Waals surface area contributed by atoms with Crippen LogP contribution < -0.4 is 5.73 Å². The Hall–Kier alpha value is -0.0600. The maximum absolute atomic E-state index is 5.43. The first-order valence-electron chi connectivity index (χ1n) is 3.05. The van der Waals surface area contributed by atoms with Crippen LogP contribution in [-0.2, 0) is 13.6 Å². The Kier molecular flexibility index (Phi) is 4.07. The van der Waals surface area contributed by atoms with Crippen molar-refractivity contribution in [3.05, 3.63) is 15.9 Å². The first kappa shape index (κ1) is 10.9. The molecule has 0 radical (unpaired) electrons. The summed E-state index contributed by atoms with van der Waals surface area (Å²) in [5.74, 6) is 0. The number of aryl methyl sites for hydroxylation is 1. The highest BCUT2D eigenvalue weighted by Gasteiger charge is 2.06. The van der Waals surface area contributed by atoms with E-state index in [1.54, 1.807) is 0 Å². The Labute approximate surface area is 80.5 Å². The molecule has 2 N–H and O–H groups in total. The maximum atomic E-state index is 5.43. The molecule has 0 amide bonds. The van der Waals surface area contributed by atoms with Crippen LogP contribution in [0.1, 0.15) is 11.4 Å². The third kappa shape index (κ3) is 1.95. The second-order valence-corrected chi connectivity index (χ2v) is 2.97. The third-order valence-electron chi connectivity index (χ3n) is 1.52. The highest BCUT2D eigenvalue weighted by molar-refractivity contribution is 9.10. The molecule has 1 heterocycles. The van der Waals surface area contributed by atoms with E-state index in [0.29, 0.717) is 6.54 Å². The molecule has 0 unspecified atom stereocenters. The Morgan fingerprint density at radius 2 is 2.18 bits per heavy atom. The van der Waals surface area contributed by atoms with E-state index in [2.05, 4.69) is 21.0 Å². The van der Waals surface area contributed by atoms with E-state index >= 15 is 0 Å².